The molecule has 7 heteroatoms. The maximum Gasteiger partial charge on any atom is 0.230 e. The number of carbonyl (C=O) groups is 1. The second-order valence-corrected chi connectivity index (χ2v) is 5.68. The molecule has 0 atom stereocenters. The van der Waals surface area contributed by atoms with Crippen molar-refractivity contribution in [1.82, 2.24) is 20.5 Å². The van der Waals surface area contributed by atoms with E-state index in [4.69, 9.17) is 0 Å². The molecule has 0 bridgehead atoms. The van der Waals surface area contributed by atoms with Gasteiger partial charge in [-0.3, -0.25) is 9.89 Å². The molecule has 0 unspecified atom stereocenters. The summed E-state index contributed by atoms with van der Waals surface area (Å²) in [4.78, 5) is 17.0. The third kappa shape index (κ3) is 4.53. The van der Waals surface area contributed by atoms with Gasteiger partial charge in [-0.15, -0.1) is 23.0 Å². The number of hydrogen-bond donors (Lipinski definition) is 2. The van der Waals surface area contributed by atoms with Crippen LogP contribution in [-0.2, 0) is 11.2 Å². The van der Waals surface area contributed by atoms with Crippen molar-refractivity contribution in [2.24, 2.45) is 0 Å². The molecule has 19 heavy (non-hydrogen) atoms. The molecule has 0 aromatic carbocycles. The zero-order chi connectivity index (χ0) is 13.5. The molecule has 100 valence electrons. The summed E-state index contributed by atoms with van der Waals surface area (Å²) in [6.07, 6.45) is 2.39. The van der Waals surface area contributed by atoms with Gasteiger partial charge in [0.25, 0.3) is 0 Å². The highest BCUT2D eigenvalue weighted by Crippen LogP contribution is 2.15. The molecular formula is C12H14N4OS2. The Labute approximate surface area is 119 Å². The topological polar surface area (TPSA) is 70.7 Å². The van der Waals surface area contributed by atoms with Crippen LogP contribution in [-0.4, -0.2) is 33.4 Å². The van der Waals surface area contributed by atoms with E-state index in [1.807, 2.05) is 11.4 Å². The lowest BCUT2D eigenvalue weighted by molar-refractivity contribution is -0.118. The first kappa shape index (κ1) is 13.8. The Morgan fingerprint density at radius 3 is 3.26 bits per heavy atom. The van der Waals surface area contributed by atoms with Crippen molar-refractivity contribution < 1.29 is 4.79 Å². The molecule has 2 heterocycles. The third-order valence-corrected chi connectivity index (χ3v) is 3.93. The summed E-state index contributed by atoms with van der Waals surface area (Å²) < 4.78 is 0. The van der Waals surface area contributed by atoms with Gasteiger partial charge in [0.1, 0.15) is 5.82 Å². The number of thiophene rings is 1. The van der Waals surface area contributed by atoms with Gasteiger partial charge in [0.2, 0.25) is 11.1 Å². The Morgan fingerprint density at radius 2 is 2.53 bits per heavy atom. The van der Waals surface area contributed by atoms with Crippen LogP contribution in [0.25, 0.3) is 0 Å². The van der Waals surface area contributed by atoms with Crippen LogP contribution in [0.1, 0.15) is 10.7 Å². The van der Waals surface area contributed by atoms with Gasteiger partial charge in [0.15, 0.2) is 0 Å². The van der Waals surface area contributed by atoms with E-state index >= 15 is 0 Å². The van der Waals surface area contributed by atoms with Crippen LogP contribution in [0.15, 0.2) is 35.3 Å². The molecule has 0 aliphatic heterocycles. The highest BCUT2D eigenvalue weighted by Gasteiger charge is 2.07. The fraction of sp³-hybridized carbons (Fsp3) is 0.250. The summed E-state index contributed by atoms with van der Waals surface area (Å²) in [7, 11) is 0. The number of aromatic amines is 1. The van der Waals surface area contributed by atoms with Gasteiger partial charge in [-0.2, -0.15) is 0 Å². The van der Waals surface area contributed by atoms with Crippen LogP contribution in [0.5, 0.6) is 0 Å². The normalized spacial score (nSPS) is 10.3. The standard InChI is InChI=1S/C12H14N4OS2/c1-2-5-13-11(17)8-19-12-14-10(15-16-12)7-9-4-3-6-18-9/h2-4,6H,1,5,7-8H2,(H,13,17)(H,14,15,16). The zero-order valence-electron chi connectivity index (χ0n) is 10.3. The van der Waals surface area contributed by atoms with Crippen molar-refractivity contribution >= 4 is 29.0 Å². The van der Waals surface area contributed by atoms with Gasteiger partial charge in [0.05, 0.1) is 5.75 Å². The number of rotatable bonds is 7. The lowest BCUT2D eigenvalue weighted by Crippen LogP contribution is -2.24. The van der Waals surface area contributed by atoms with E-state index in [1.54, 1.807) is 17.4 Å². The highest BCUT2D eigenvalue weighted by molar-refractivity contribution is 7.99. The predicted molar refractivity (Wildman–Crippen MR) is 77.4 cm³/mol. The Balaban J connectivity index is 1.80. The Kier molecular flexibility index (Phi) is 5.17. The zero-order valence-corrected chi connectivity index (χ0v) is 11.9. The van der Waals surface area contributed by atoms with Crippen LogP contribution in [0.3, 0.4) is 0 Å². The molecule has 0 saturated heterocycles. The SMILES string of the molecule is C=CCNC(=O)CSc1n[nH]c(Cc2cccs2)n1. The molecule has 2 aromatic rings. The molecule has 0 aliphatic rings. The fourth-order valence-corrected chi connectivity index (χ4v) is 2.72. The highest BCUT2D eigenvalue weighted by atomic mass is 32.2. The van der Waals surface area contributed by atoms with Crippen LogP contribution < -0.4 is 5.32 Å². The van der Waals surface area contributed by atoms with E-state index in [1.165, 1.54) is 16.6 Å². The lowest BCUT2D eigenvalue weighted by atomic mass is 10.3. The van der Waals surface area contributed by atoms with E-state index < -0.39 is 0 Å². The largest absolute Gasteiger partial charge is 0.352 e. The van der Waals surface area contributed by atoms with E-state index in [-0.39, 0.29) is 5.91 Å². The minimum atomic E-state index is -0.0468. The van der Waals surface area contributed by atoms with Gasteiger partial charge < -0.3 is 5.32 Å². The number of nitrogens with zero attached hydrogens (tertiary/aromatic N) is 2. The van der Waals surface area contributed by atoms with Gasteiger partial charge in [0, 0.05) is 17.8 Å². The number of nitrogens with one attached hydrogen (secondary N) is 2. The molecule has 0 saturated carbocycles. The van der Waals surface area contributed by atoms with E-state index in [0.717, 1.165) is 12.2 Å². The molecule has 2 rings (SSSR count). The van der Waals surface area contributed by atoms with Crippen LogP contribution in [0.4, 0.5) is 0 Å². The number of aromatic nitrogens is 3. The summed E-state index contributed by atoms with van der Waals surface area (Å²) in [5.41, 5.74) is 0. The predicted octanol–water partition coefficient (Wildman–Crippen LogP) is 1.85. The summed E-state index contributed by atoms with van der Waals surface area (Å²) in [5, 5.41) is 12.3. The number of carbonyl (C=O) groups excluding carboxylic acids is 1. The summed E-state index contributed by atoms with van der Waals surface area (Å²) in [6.45, 7) is 4.02. The molecular weight excluding hydrogens is 280 g/mol. The van der Waals surface area contributed by atoms with Gasteiger partial charge >= 0.3 is 0 Å². The first-order valence-corrected chi connectivity index (χ1v) is 7.58. The smallest absolute Gasteiger partial charge is 0.230 e. The summed E-state index contributed by atoms with van der Waals surface area (Å²) in [6, 6.07) is 4.07. The van der Waals surface area contributed by atoms with Crippen molar-refractivity contribution in [3.8, 4) is 0 Å². The Morgan fingerprint density at radius 1 is 1.63 bits per heavy atom. The minimum absolute atomic E-state index is 0.0468. The monoisotopic (exact) mass is 294 g/mol. The maximum atomic E-state index is 11.4. The van der Waals surface area contributed by atoms with Crippen LogP contribution in [0, 0.1) is 0 Å². The Hall–Kier alpha value is -1.60. The number of hydrogen-bond acceptors (Lipinski definition) is 5. The first-order chi connectivity index (χ1) is 9.28. The van der Waals surface area contributed by atoms with Crippen LogP contribution >= 0.6 is 23.1 Å². The van der Waals surface area contributed by atoms with Crippen molar-refractivity contribution in [2.75, 3.05) is 12.3 Å². The van der Waals surface area contributed by atoms with Crippen molar-refractivity contribution in [1.29, 1.82) is 0 Å². The molecule has 2 N–H and O–H groups in total. The third-order valence-electron chi connectivity index (χ3n) is 2.21. The number of H-pyrrole nitrogens is 1. The molecule has 2 aromatic heterocycles. The Bertz CT molecular complexity index is 536. The average Bonchev–Trinajstić information content (AvgIpc) is 3.06. The number of thioether (sulfide) groups is 1. The summed E-state index contributed by atoms with van der Waals surface area (Å²) in [5.74, 6) is 1.08. The molecule has 5 nitrogen and oxygen atoms in total. The molecule has 0 fully saturated rings. The summed E-state index contributed by atoms with van der Waals surface area (Å²) >= 11 is 3.00. The van der Waals surface area contributed by atoms with Gasteiger partial charge in [-0.1, -0.05) is 23.9 Å². The van der Waals surface area contributed by atoms with Gasteiger partial charge in [-0.25, -0.2) is 4.98 Å². The van der Waals surface area contributed by atoms with Crippen molar-refractivity contribution in [3.63, 3.8) is 0 Å². The molecule has 1 amide bonds. The minimum Gasteiger partial charge on any atom is -0.352 e. The van der Waals surface area contributed by atoms with E-state index in [0.29, 0.717) is 17.5 Å². The molecule has 0 aliphatic carbocycles. The first-order valence-electron chi connectivity index (χ1n) is 5.72. The fourth-order valence-electron chi connectivity index (χ4n) is 1.37. The maximum absolute atomic E-state index is 11.4. The second kappa shape index (κ2) is 7.10. The van der Waals surface area contributed by atoms with E-state index in [2.05, 4.69) is 33.1 Å². The second-order valence-electron chi connectivity index (χ2n) is 3.70. The quantitative estimate of drug-likeness (QED) is 0.604. The van der Waals surface area contributed by atoms with Crippen molar-refractivity contribution in [2.45, 2.75) is 11.6 Å². The molecule has 0 spiro atoms. The lowest BCUT2D eigenvalue weighted by Gasteiger charge is -1.98. The van der Waals surface area contributed by atoms with E-state index in [9.17, 15) is 4.79 Å². The van der Waals surface area contributed by atoms with Crippen LogP contribution in [0.2, 0.25) is 0 Å². The average molecular weight is 294 g/mol. The van der Waals surface area contributed by atoms with Gasteiger partial charge in [-0.05, 0) is 11.4 Å². The molecule has 0 radical (unpaired) electrons. The number of amides is 1. The van der Waals surface area contributed by atoms with Crippen molar-refractivity contribution in [3.05, 3.63) is 40.9 Å².